The molecule has 4 nitrogen and oxygen atoms in total. The van der Waals surface area contributed by atoms with Crippen LogP contribution in [0.2, 0.25) is 0 Å². The predicted molar refractivity (Wildman–Crippen MR) is 65.6 cm³/mol. The highest BCUT2D eigenvalue weighted by Gasteiger charge is 2.18. The second-order valence-corrected chi connectivity index (χ2v) is 4.69. The Bertz CT molecular complexity index is 172. The van der Waals surface area contributed by atoms with Crippen LogP contribution in [0.3, 0.4) is 0 Å². The van der Waals surface area contributed by atoms with Crippen molar-refractivity contribution in [2.75, 3.05) is 39.9 Å². The van der Waals surface area contributed by atoms with E-state index in [1.54, 1.807) is 0 Å². The van der Waals surface area contributed by atoms with E-state index in [9.17, 15) is 5.11 Å². The summed E-state index contributed by atoms with van der Waals surface area (Å²) in [5.41, 5.74) is 0. The van der Waals surface area contributed by atoms with Gasteiger partial charge in [0.1, 0.15) is 0 Å². The van der Waals surface area contributed by atoms with Gasteiger partial charge in [0.15, 0.2) is 0 Å². The Kier molecular flexibility index (Phi) is 6.96. The van der Waals surface area contributed by atoms with E-state index in [4.69, 9.17) is 4.74 Å². The van der Waals surface area contributed by atoms with Crippen LogP contribution in [-0.4, -0.2) is 62.0 Å². The lowest BCUT2D eigenvalue weighted by molar-refractivity contribution is 0.0752. The van der Waals surface area contributed by atoms with E-state index in [0.29, 0.717) is 6.10 Å². The third-order valence-corrected chi connectivity index (χ3v) is 2.97. The summed E-state index contributed by atoms with van der Waals surface area (Å²) in [5.74, 6) is 0. The lowest BCUT2D eigenvalue weighted by Gasteiger charge is -2.25. The van der Waals surface area contributed by atoms with Crippen LogP contribution in [0.25, 0.3) is 0 Å². The van der Waals surface area contributed by atoms with E-state index < -0.39 is 0 Å². The van der Waals surface area contributed by atoms with Crippen LogP contribution >= 0.6 is 0 Å². The van der Waals surface area contributed by atoms with Crippen molar-refractivity contribution in [3.05, 3.63) is 0 Å². The minimum Gasteiger partial charge on any atom is -0.395 e. The Morgan fingerprint density at radius 2 is 2.38 bits per heavy atom. The number of aliphatic hydroxyl groups is 1. The van der Waals surface area contributed by atoms with Gasteiger partial charge in [0.2, 0.25) is 0 Å². The van der Waals surface area contributed by atoms with Gasteiger partial charge in [-0.3, -0.25) is 0 Å². The van der Waals surface area contributed by atoms with Gasteiger partial charge in [-0.25, -0.2) is 0 Å². The van der Waals surface area contributed by atoms with Crippen molar-refractivity contribution in [1.29, 1.82) is 0 Å². The van der Waals surface area contributed by atoms with E-state index in [0.717, 1.165) is 32.7 Å². The number of rotatable bonds is 8. The maximum atomic E-state index is 9.24. The molecule has 0 radical (unpaired) electrons. The second kappa shape index (κ2) is 8.01. The van der Waals surface area contributed by atoms with Crippen molar-refractivity contribution >= 4 is 0 Å². The highest BCUT2D eigenvalue weighted by Crippen LogP contribution is 2.12. The fraction of sp³-hybridized carbons (Fsp3) is 1.00. The van der Waals surface area contributed by atoms with Gasteiger partial charge in [-0.05, 0) is 32.9 Å². The van der Waals surface area contributed by atoms with Crippen molar-refractivity contribution in [2.45, 2.75) is 38.3 Å². The maximum Gasteiger partial charge on any atom is 0.0702 e. The molecule has 0 bridgehead atoms. The second-order valence-electron chi connectivity index (χ2n) is 4.69. The van der Waals surface area contributed by atoms with Crippen molar-refractivity contribution < 1.29 is 9.84 Å². The van der Waals surface area contributed by atoms with Gasteiger partial charge in [0, 0.05) is 25.7 Å². The molecule has 0 saturated carbocycles. The molecule has 2 N–H and O–H groups in total. The molecule has 16 heavy (non-hydrogen) atoms. The number of nitrogens with zero attached hydrogens (tertiary/aromatic N) is 1. The number of ether oxygens (including phenoxy) is 1. The molecular formula is C12H26N2O2. The van der Waals surface area contributed by atoms with Crippen LogP contribution in [-0.2, 0) is 4.74 Å². The SMILES string of the molecule is CCCNC(CO)CN(C)CC1CCCO1. The van der Waals surface area contributed by atoms with Crippen molar-refractivity contribution in [2.24, 2.45) is 0 Å². The maximum absolute atomic E-state index is 9.24. The van der Waals surface area contributed by atoms with Crippen LogP contribution < -0.4 is 5.32 Å². The van der Waals surface area contributed by atoms with Crippen LogP contribution in [0.5, 0.6) is 0 Å². The number of likely N-dealkylation sites (N-methyl/N-ethyl adjacent to an activating group) is 1. The standard InChI is InChI=1S/C12H26N2O2/c1-3-6-13-11(10-15)8-14(2)9-12-5-4-7-16-12/h11-13,15H,3-10H2,1-2H3. The molecule has 4 heteroatoms. The molecule has 0 aliphatic carbocycles. The zero-order valence-electron chi connectivity index (χ0n) is 10.6. The average molecular weight is 230 g/mol. The molecule has 1 fully saturated rings. The van der Waals surface area contributed by atoms with Gasteiger partial charge in [0.05, 0.1) is 12.7 Å². The van der Waals surface area contributed by atoms with E-state index in [1.807, 2.05) is 0 Å². The number of aliphatic hydroxyl groups excluding tert-OH is 1. The summed E-state index contributed by atoms with van der Waals surface area (Å²) < 4.78 is 5.60. The zero-order chi connectivity index (χ0) is 11.8. The summed E-state index contributed by atoms with van der Waals surface area (Å²) in [4.78, 5) is 2.25. The number of hydrogen-bond donors (Lipinski definition) is 2. The first-order valence-corrected chi connectivity index (χ1v) is 6.40. The molecule has 1 rings (SSSR count). The summed E-state index contributed by atoms with van der Waals surface area (Å²) >= 11 is 0. The first-order chi connectivity index (χ1) is 7.76. The normalized spacial score (nSPS) is 22.9. The van der Waals surface area contributed by atoms with E-state index in [-0.39, 0.29) is 12.6 Å². The molecule has 0 aromatic rings. The van der Waals surface area contributed by atoms with Crippen molar-refractivity contribution in [3.63, 3.8) is 0 Å². The lowest BCUT2D eigenvalue weighted by Crippen LogP contribution is -2.44. The molecule has 0 amide bonds. The summed E-state index contributed by atoms with van der Waals surface area (Å²) in [7, 11) is 2.10. The Morgan fingerprint density at radius 3 is 2.94 bits per heavy atom. The highest BCUT2D eigenvalue weighted by atomic mass is 16.5. The third kappa shape index (κ3) is 5.25. The molecule has 1 aliphatic heterocycles. The first kappa shape index (κ1) is 13.9. The zero-order valence-corrected chi connectivity index (χ0v) is 10.6. The number of hydrogen-bond acceptors (Lipinski definition) is 4. The first-order valence-electron chi connectivity index (χ1n) is 6.40. The molecular weight excluding hydrogens is 204 g/mol. The third-order valence-electron chi connectivity index (χ3n) is 2.97. The molecule has 1 aliphatic rings. The summed E-state index contributed by atoms with van der Waals surface area (Å²) in [6, 6.07) is 0.186. The predicted octanol–water partition coefficient (Wildman–Crippen LogP) is 0.458. The average Bonchev–Trinajstić information content (AvgIpc) is 2.76. The molecule has 96 valence electrons. The van der Waals surface area contributed by atoms with Gasteiger partial charge in [0.25, 0.3) is 0 Å². The van der Waals surface area contributed by atoms with E-state index >= 15 is 0 Å². The van der Waals surface area contributed by atoms with Gasteiger partial charge in [-0.1, -0.05) is 6.92 Å². The van der Waals surface area contributed by atoms with Gasteiger partial charge in [-0.15, -0.1) is 0 Å². The minimum atomic E-state index is 0.186. The highest BCUT2D eigenvalue weighted by molar-refractivity contribution is 4.73. The van der Waals surface area contributed by atoms with Crippen LogP contribution in [0, 0.1) is 0 Å². The minimum absolute atomic E-state index is 0.186. The van der Waals surface area contributed by atoms with Gasteiger partial charge < -0.3 is 20.1 Å². The molecule has 1 heterocycles. The Hall–Kier alpha value is -0.160. The van der Waals surface area contributed by atoms with Gasteiger partial charge >= 0.3 is 0 Å². The Balaban J connectivity index is 2.16. The monoisotopic (exact) mass is 230 g/mol. The van der Waals surface area contributed by atoms with Gasteiger partial charge in [-0.2, -0.15) is 0 Å². The molecule has 2 unspecified atom stereocenters. The lowest BCUT2D eigenvalue weighted by atomic mass is 10.2. The summed E-state index contributed by atoms with van der Waals surface area (Å²) in [6.07, 6.45) is 3.87. The van der Waals surface area contributed by atoms with E-state index in [1.165, 1.54) is 12.8 Å². The fourth-order valence-corrected chi connectivity index (χ4v) is 2.12. The topological polar surface area (TPSA) is 44.7 Å². The van der Waals surface area contributed by atoms with Crippen molar-refractivity contribution in [3.8, 4) is 0 Å². The molecule has 1 saturated heterocycles. The van der Waals surface area contributed by atoms with E-state index in [2.05, 4.69) is 24.2 Å². The smallest absolute Gasteiger partial charge is 0.0702 e. The van der Waals surface area contributed by atoms with Crippen LogP contribution in [0.1, 0.15) is 26.2 Å². The molecule has 2 atom stereocenters. The van der Waals surface area contributed by atoms with Crippen LogP contribution in [0.15, 0.2) is 0 Å². The quantitative estimate of drug-likeness (QED) is 0.636. The largest absolute Gasteiger partial charge is 0.395 e. The fourth-order valence-electron chi connectivity index (χ4n) is 2.12. The Labute approximate surface area is 99.0 Å². The van der Waals surface area contributed by atoms with Crippen molar-refractivity contribution in [1.82, 2.24) is 10.2 Å². The Morgan fingerprint density at radius 1 is 1.56 bits per heavy atom. The molecule has 0 aromatic heterocycles. The summed E-state index contributed by atoms with van der Waals surface area (Å²) in [5, 5.41) is 12.6. The molecule has 0 aromatic carbocycles. The molecule has 0 spiro atoms. The van der Waals surface area contributed by atoms with Crippen LogP contribution in [0.4, 0.5) is 0 Å². The summed E-state index contributed by atoms with van der Waals surface area (Å²) in [6.45, 7) is 6.09. The number of nitrogens with one attached hydrogen (secondary N) is 1.